The molecule has 0 spiro atoms. The van der Waals surface area contributed by atoms with Crippen LogP contribution in [0.25, 0.3) is 0 Å². The predicted octanol–water partition coefficient (Wildman–Crippen LogP) is 2.72. The summed E-state index contributed by atoms with van der Waals surface area (Å²) in [5, 5.41) is 2.87. The molecular formula is C20H24N2O4S. The van der Waals surface area contributed by atoms with Gasteiger partial charge in [0, 0.05) is 24.3 Å². The number of ether oxygens (including phenoxy) is 1. The van der Waals surface area contributed by atoms with Crippen LogP contribution in [0.3, 0.4) is 0 Å². The molecule has 1 aliphatic heterocycles. The Labute approximate surface area is 160 Å². The summed E-state index contributed by atoms with van der Waals surface area (Å²) < 4.78 is 31.6. The molecule has 1 saturated heterocycles. The lowest BCUT2D eigenvalue weighted by Gasteiger charge is -2.26. The number of morpholine rings is 1. The quantitative estimate of drug-likeness (QED) is 0.855. The van der Waals surface area contributed by atoms with Gasteiger partial charge in [0.05, 0.1) is 19.0 Å². The molecule has 2 aromatic carbocycles. The van der Waals surface area contributed by atoms with Crippen molar-refractivity contribution >= 4 is 21.6 Å². The van der Waals surface area contributed by atoms with Gasteiger partial charge in [0.25, 0.3) is 5.91 Å². The minimum absolute atomic E-state index is 0.0773. The van der Waals surface area contributed by atoms with Crippen LogP contribution in [-0.4, -0.2) is 44.9 Å². The van der Waals surface area contributed by atoms with Gasteiger partial charge in [-0.15, -0.1) is 0 Å². The maximum Gasteiger partial charge on any atom is 0.255 e. The second kappa shape index (κ2) is 8.21. The van der Waals surface area contributed by atoms with Crippen molar-refractivity contribution in [3.8, 4) is 0 Å². The van der Waals surface area contributed by atoms with Crippen LogP contribution in [0.1, 0.15) is 27.0 Å². The van der Waals surface area contributed by atoms with Crippen LogP contribution in [0.5, 0.6) is 0 Å². The van der Waals surface area contributed by atoms with Crippen LogP contribution >= 0.6 is 0 Å². The van der Waals surface area contributed by atoms with Gasteiger partial charge in [-0.3, -0.25) is 4.79 Å². The molecule has 1 heterocycles. The third-order valence-corrected chi connectivity index (χ3v) is 6.54. The molecule has 7 heteroatoms. The second-order valence-electron chi connectivity index (χ2n) is 6.72. The van der Waals surface area contributed by atoms with Crippen molar-refractivity contribution in [2.75, 3.05) is 31.6 Å². The van der Waals surface area contributed by atoms with E-state index in [1.165, 1.54) is 9.87 Å². The largest absolute Gasteiger partial charge is 0.379 e. The number of carbonyl (C=O) groups excluding carboxylic acids is 1. The first-order valence-electron chi connectivity index (χ1n) is 8.88. The number of amides is 1. The predicted molar refractivity (Wildman–Crippen MR) is 105 cm³/mol. The molecule has 1 aliphatic rings. The number of rotatable bonds is 5. The first-order valence-corrected chi connectivity index (χ1v) is 10.5. The van der Waals surface area contributed by atoms with Crippen molar-refractivity contribution in [1.29, 1.82) is 0 Å². The fourth-order valence-electron chi connectivity index (χ4n) is 2.90. The van der Waals surface area contributed by atoms with Crippen molar-refractivity contribution in [2.24, 2.45) is 0 Å². The molecule has 1 fully saturated rings. The van der Waals surface area contributed by atoms with Crippen molar-refractivity contribution in [1.82, 2.24) is 4.31 Å². The zero-order chi connectivity index (χ0) is 19.4. The number of hydrogen-bond acceptors (Lipinski definition) is 4. The highest BCUT2D eigenvalue weighted by molar-refractivity contribution is 7.88. The summed E-state index contributed by atoms with van der Waals surface area (Å²) in [6, 6.07) is 12.4. The van der Waals surface area contributed by atoms with Crippen LogP contribution in [0.15, 0.2) is 42.5 Å². The van der Waals surface area contributed by atoms with Gasteiger partial charge >= 0.3 is 0 Å². The molecule has 0 bridgehead atoms. The Morgan fingerprint density at radius 1 is 1.04 bits per heavy atom. The normalized spacial score (nSPS) is 15.5. The van der Waals surface area contributed by atoms with Crippen LogP contribution in [0.2, 0.25) is 0 Å². The maximum absolute atomic E-state index is 12.5. The van der Waals surface area contributed by atoms with Crippen molar-refractivity contribution in [3.63, 3.8) is 0 Å². The average Bonchev–Trinajstić information content (AvgIpc) is 2.66. The Bertz CT molecular complexity index is 917. The van der Waals surface area contributed by atoms with Gasteiger partial charge in [-0.25, -0.2) is 8.42 Å². The van der Waals surface area contributed by atoms with Crippen molar-refractivity contribution < 1.29 is 17.9 Å². The van der Waals surface area contributed by atoms with Crippen LogP contribution in [-0.2, 0) is 20.5 Å². The molecule has 0 unspecified atom stereocenters. The molecule has 3 rings (SSSR count). The molecule has 144 valence electrons. The van der Waals surface area contributed by atoms with E-state index in [1.54, 1.807) is 24.3 Å². The van der Waals surface area contributed by atoms with E-state index in [1.807, 2.05) is 32.0 Å². The Balaban J connectivity index is 1.65. The van der Waals surface area contributed by atoms with E-state index in [0.717, 1.165) is 11.3 Å². The average molecular weight is 388 g/mol. The van der Waals surface area contributed by atoms with Crippen molar-refractivity contribution in [2.45, 2.75) is 19.6 Å². The van der Waals surface area contributed by atoms with E-state index < -0.39 is 10.0 Å². The molecule has 27 heavy (non-hydrogen) atoms. The first-order chi connectivity index (χ1) is 12.8. The molecule has 0 aromatic heterocycles. The lowest BCUT2D eigenvalue weighted by Crippen LogP contribution is -2.41. The molecular weight excluding hydrogens is 364 g/mol. The SMILES string of the molecule is Cc1ccc(NC(=O)c2ccc(CS(=O)(=O)N3CCOCC3)cc2)cc1C. The highest BCUT2D eigenvalue weighted by Crippen LogP contribution is 2.17. The third kappa shape index (κ3) is 4.94. The highest BCUT2D eigenvalue weighted by Gasteiger charge is 2.24. The molecule has 0 aliphatic carbocycles. The van der Waals surface area contributed by atoms with E-state index >= 15 is 0 Å². The van der Waals surface area contributed by atoms with Crippen LogP contribution in [0, 0.1) is 13.8 Å². The van der Waals surface area contributed by atoms with Gasteiger partial charge in [0.1, 0.15) is 0 Å². The van der Waals surface area contributed by atoms with Gasteiger partial charge in [-0.2, -0.15) is 4.31 Å². The standard InChI is InChI=1S/C20H24N2O4S/c1-15-3-8-19(13-16(15)2)21-20(23)18-6-4-17(5-7-18)14-27(24,25)22-9-11-26-12-10-22/h3-8,13H,9-12,14H2,1-2H3,(H,21,23). The molecule has 1 N–H and O–H groups in total. The van der Waals surface area contributed by atoms with E-state index in [2.05, 4.69) is 5.32 Å². The maximum atomic E-state index is 12.5. The summed E-state index contributed by atoms with van der Waals surface area (Å²) in [5.41, 5.74) is 4.15. The third-order valence-electron chi connectivity index (χ3n) is 4.69. The van der Waals surface area contributed by atoms with Crippen LogP contribution in [0.4, 0.5) is 5.69 Å². The summed E-state index contributed by atoms with van der Waals surface area (Å²) in [5.74, 6) is -0.299. The highest BCUT2D eigenvalue weighted by atomic mass is 32.2. The monoisotopic (exact) mass is 388 g/mol. The molecule has 2 aromatic rings. The lowest BCUT2D eigenvalue weighted by molar-refractivity contribution is 0.0729. The Morgan fingerprint density at radius 3 is 2.33 bits per heavy atom. The number of benzene rings is 2. The molecule has 0 saturated carbocycles. The number of nitrogens with zero attached hydrogens (tertiary/aromatic N) is 1. The zero-order valence-electron chi connectivity index (χ0n) is 15.6. The Morgan fingerprint density at radius 2 is 1.70 bits per heavy atom. The number of aryl methyl sites for hydroxylation is 2. The van der Waals surface area contributed by atoms with E-state index in [0.29, 0.717) is 37.4 Å². The summed E-state index contributed by atoms with van der Waals surface area (Å²) in [7, 11) is -3.37. The fraction of sp³-hybridized carbons (Fsp3) is 0.350. The Kier molecular flexibility index (Phi) is 5.94. The summed E-state index contributed by atoms with van der Waals surface area (Å²) in [6.07, 6.45) is 0. The first kappa shape index (κ1) is 19.5. The lowest BCUT2D eigenvalue weighted by atomic mass is 10.1. The summed E-state index contributed by atoms with van der Waals surface area (Å²) in [6.45, 7) is 5.64. The van der Waals surface area contributed by atoms with E-state index in [9.17, 15) is 13.2 Å². The number of hydrogen-bond donors (Lipinski definition) is 1. The fourth-order valence-corrected chi connectivity index (χ4v) is 4.40. The number of sulfonamides is 1. The minimum Gasteiger partial charge on any atom is -0.379 e. The molecule has 1 amide bonds. The Hall–Kier alpha value is -2.22. The van der Waals surface area contributed by atoms with Crippen molar-refractivity contribution in [3.05, 3.63) is 64.7 Å². The molecule has 0 atom stereocenters. The molecule has 0 radical (unpaired) electrons. The van der Waals surface area contributed by atoms with Gasteiger partial charge in [-0.05, 0) is 54.8 Å². The smallest absolute Gasteiger partial charge is 0.255 e. The van der Waals surface area contributed by atoms with Gasteiger partial charge < -0.3 is 10.1 Å². The van der Waals surface area contributed by atoms with Gasteiger partial charge in [0.15, 0.2) is 0 Å². The van der Waals surface area contributed by atoms with Gasteiger partial charge in [0.2, 0.25) is 10.0 Å². The number of anilines is 1. The van der Waals surface area contributed by atoms with E-state index in [4.69, 9.17) is 4.74 Å². The molecule has 6 nitrogen and oxygen atoms in total. The summed E-state index contributed by atoms with van der Waals surface area (Å²) in [4.78, 5) is 12.4. The minimum atomic E-state index is -3.37. The summed E-state index contributed by atoms with van der Waals surface area (Å²) >= 11 is 0. The second-order valence-corrected chi connectivity index (χ2v) is 8.69. The number of carbonyl (C=O) groups is 1. The van der Waals surface area contributed by atoms with Crippen LogP contribution < -0.4 is 5.32 Å². The van der Waals surface area contributed by atoms with Gasteiger partial charge in [-0.1, -0.05) is 18.2 Å². The number of nitrogens with one attached hydrogen (secondary N) is 1. The topological polar surface area (TPSA) is 75.7 Å². The zero-order valence-corrected chi connectivity index (χ0v) is 16.4. The van der Waals surface area contributed by atoms with E-state index in [-0.39, 0.29) is 11.7 Å².